The molecule has 16 heavy (non-hydrogen) atoms. The van der Waals surface area contributed by atoms with E-state index >= 15 is 0 Å². The molecule has 0 radical (unpaired) electrons. The number of aliphatic carboxylic acids is 1. The molecule has 0 unspecified atom stereocenters. The highest BCUT2D eigenvalue weighted by molar-refractivity contribution is 5.70. The lowest BCUT2D eigenvalue weighted by atomic mass is 10.1. The van der Waals surface area contributed by atoms with Crippen LogP contribution in [0.2, 0.25) is 0 Å². The molecule has 4 nitrogen and oxygen atoms in total. The van der Waals surface area contributed by atoms with Crippen LogP contribution in [-0.4, -0.2) is 16.1 Å². The fraction of sp³-hybridized carbons (Fsp3) is 0.400. The molecule has 6 heteroatoms. The number of carboxylic acids is 1. The van der Waals surface area contributed by atoms with E-state index in [1.165, 1.54) is 13.0 Å². The number of aryl methyl sites for hydroxylation is 1. The van der Waals surface area contributed by atoms with Crippen LogP contribution in [-0.2, 0) is 17.8 Å². The normalized spacial score (nSPS) is 10.8. The van der Waals surface area contributed by atoms with Crippen LogP contribution in [0.5, 0.6) is 0 Å². The van der Waals surface area contributed by atoms with Gasteiger partial charge < -0.3 is 10.8 Å². The van der Waals surface area contributed by atoms with E-state index in [1.54, 1.807) is 0 Å². The second-order valence-electron chi connectivity index (χ2n) is 3.35. The van der Waals surface area contributed by atoms with E-state index in [0.29, 0.717) is 11.3 Å². The summed E-state index contributed by atoms with van der Waals surface area (Å²) in [5.74, 6) is -1.03. The minimum absolute atomic E-state index is 0.0838. The van der Waals surface area contributed by atoms with Gasteiger partial charge in [0.05, 0.1) is 6.42 Å². The molecule has 0 aliphatic heterocycles. The van der Waals surface area contributed by atoms with Gasteiger partial charge in [-0.3, -0.25) is 9.78 Å². The minimum atomic E-state index is -2.70. The van der Waals surface area contributed by atoms with Crippen molar-refractivity contribution in [3.8, 4) is 0 Å². The maximum Gasteiger partial charge on any atom is 0.307 e. The summed E-state index contributed by atoms with van der Waals surface area (Å²) in [4.78, 5) is 14.2. The smallest absolute Gasteiger partial charge is 0.307 e. The number of aromatic nitrogens is 1. The standard InChI is InChI=1S/C10H12F2N2O2/c1-5-6(3-8(15)16)2-7(4-13)9(14-5)10(11)12/h2,10H,3-4,13H2,1H3,(H,15,16). The third kappa shape index (κ3) is 2.73. The number of rotatable bonds is 4. The van der Waals surface area contributed by atoms with Crippen LogP contribution in [0, 0.1) is 6.92 Å². The molecule has 1 heterocycles. The lowest BCUT2D eigenvalue weighted by molar-refractivity contribution is -0.136. The van der Waals surface area contributed by atoms with Gasteiger partial charge >= 0.3 is 5.97 Å². The maximum atomic E-state index is 12.6. The summed E-state index contributed by atoms with van der Waals surface area (Å²) in [5.41, 5.74) is 5.86. The Kier molecular flexibility index (Phi) is 3.89. The molecule has 0 bridgehead atoms. The van der Waals surface area contributed by atoms with Crippen molar-refractivity contribution in [3.05, 3.63) is 28.6 Å². The number of halogens is 2. The van der Waals surface area contributed by atoms with E-state index in [1.807, 2.05) is 0 Å². The van der Waals surface area contributed by atoms with E-state index in [4.69, 9.17) is 10.8 Å². The molecule has 0 amide bonds. The molecule has 0 aliphatic rings. The summed E-state index contributed by atoms with van der Waals surface area (Å²) in [6, 6.07) is 1.39. The molecule has 88 valence electrons. The molecule has 0 atom stereocenters. The average molecular weight is 230 g/mol. The van der Waals surface area contributed by atoms with Gasteiger partial charge in [-0.1, -0.05) is 6.07 Å². The monoisotopic (exact) mass is 230 g/mol. The molecule has 0 fully saturated rings. The van der Waals surface area contributed by atoms with Gasteiger partial charge in [0.15, 0.2) is 0 Å². The first-order valence-corrected chi connectivity index (χ1v) is 4.65. The van der Waals surface area contributed by atoms with E-state index in [0.717, 1.165) is 0 Å². The molecule has 0 saturated heterocycles. The highest BCUT2D eigenvalue weighted by Crippen LogP contribution is 2.23. The van der Waals surface area contributed by atoms with Gasteiger partial charge in [0.25, 0.3) is 6.43 Å². The number of hydrogen-bond acceptors (Lipinski definition) is 3. The van der Waals surface area contributed by atoms with Crippen LogP contribution in [0.4, 0.5) is 8.78 Å². The first kappa shape index (κ1) is 12.5. The number of pyridine rings is 1. The fourth-order valence-electron chi connectivity index (χ4n) is 1.41. The summed E-state index contributed by atoms with van der Waals surface area (Å²) in [6.07, 6.45) is -2.94. The Morgan fingerprint density at radius 3 is 2.62 bits per heavy atom. The maximum absolute atomic E-state index is 12.6. The van der Waals surface area contributed by atoms with E-state index < -0.39 is 12.4 Å². The van der Waals surface area contributed by atoms with E-state index in [9.17, 15) is 13.6 Å². The Bertz CT molecular complexity index is 408. The fourth-order valence-corrected chi connectivity index (χ4v) is 1.41. The van der Waals surface area contributed by atoms with Crippen LogP contribution in [0.1, 0.15) is 28.9 Å². The van der Waals surface area contributed by atoms with Crippen LogP contribution < -0.4 is 5.73 Å². The van der Waals surface area contributed by atoms with Gasteiger partial charge in [-0.2, -0.15) is 0 Å². The summed E-state index contributed by atoms with van der Waals surface area (Å²) in [5, 5.41) is 8.63. The molecule has 0 spiro atoms. The predicted molar refractivity (Wildman–Crippen MR) is 53.2 cm³/mol. The quantitative estimate of drug-likeness (QED) is 0.820. The first-order valence-electron chi connectivity index (χ1n) is 4.65. The third-order valence-electron chi connectivity index (χ3n) is 2.20. The van der Waals surface area contributed by atoms with Gasteiger partial charge in [-0.25, -0.2) is 8.78 Å². The lowest BCUT2D eigenvalue weighted by Crippen LogP contribution is -2.10. The summed E-state index contributed by atoms with van der Waals surface area (Å²) in [7, 11) is 0. The SMILES string of the molecule is Cc1nc(C(F)F)c(CN)cc1CC(=O)O. The average Bonchev–Trinajstić information content (AvgIpc) is 2.19. The summed E-state index contributed by atoms with van der Waals surface area (Å²) in [6.45, 7) is 1.42. The van der Waals surface area contributed by atoms with Gasteiger partial charge in [0, 0.05) is 12.2 Å². The topological polar surface area (TPSA) is 76.2 Å². The highest BCUT2D eigenvalue weighted by Gasteiger charge is 2.17. The number of carbonyl (C=O) groups is 1. The summed E-state index contributed by atoms with van der Waals surface area (Å²) >= 11 is 0. The Balaban J connectivity index is 3.20. The van der Waals surface area contributed by atoms with Crippen LogP contribution in [0.3, 0.4) is 0 Å². The van der Waals surface area contributed by atoms with Gasteiger partial charge in [0.2, 0.25) is 0 Å². The van der Waals surface area contributed by atoms with Crippen molar-refractivity contribution in [2.45, 2.75) is 26.3 Å². The Labute approximate surface area is 91.1 Å². The van der Waals surface area contributed by atoms with Crippen molar-refractivity contribution in [1.29, 1.82) is 0 Å². The molecule has 1 aromatic heterocycles. The van der Waals surface area contributed by atoms with Gasteiger partial charge in [-0.15, -0.1) is 0 Å². The molecule has 1 rings (SSSR count). The van der Waals surface area contributed by atoms with Crippen molar-refractivity contribution in [2.75, 3.05) is 0 Å². The van der Waals surface area contributed by atoms with Crippen LogP contribution >= 0.6 is 0 Å². The zero-order valence-electron chi connectivity index (χ0n) is 8.70. The van der Waals surface area contributed by atoms with Crippen LogP contribution in [0.15, 0.2) is 6.07 Å². The van der Waals surface area contributed by atoms with E-state index in [2.05, 4.69) is 4.98 Å². The number of alkyl halides is 2. The van der Waals surface area contributed by atoms with Crippen molar-refractivity contribution in [2.24, 2.45) is 5.73 Å². The molecular formula is C10H12F2N2O2. The molecule has 0 aromatic carbocycles. The van der Waals surface area contributed by atoms with E-state index in [-0.39, 0.29) is 24.2 Å². The molecular weight excluding hydrogens is 218 g/mol. The lowest BCUT2D eigenvalue weighted by Gasteiger charge is -2.10. The Morgan fingerprint density at radius 1 is 1.56 bits per heavy atom. The second-order valence-corrected chi connectivity index (χ2v) is 3.35. The molecule has 3 N–H and O–H groups in total. The van der Waals surface area contributed by atoms with Crippen molar-refractivity contribution in [1.82, 2.24) is 4.98 Å². The minimum Gasteiger partial charge on any atom is -0.481 e. The Hall–Kier alpha value is -1.56. The van der Waals surface area contributed by atoms with Crippen molar-refractivity contribution in [3.63, 3.8) is 0 Å². The number of hydrogen-bond donors (Lipinski definition) is 2. The third-order valence-corrected chi connectivity index (χ3v) is 2.20. The largest absolute Gasteiger partial charge is 0.481 e. The van der Waals surface area contributed by atoms with Gasteiger partial charge in [-0.05, 0) is 18.1 Å². The Morgan fingerprint density at radius 2 is 2.19 bits per heavy atom. The number of carboxylic acid groups (broad SMARTS) is 1. The zero-order chi connectivity index (χ0) is 12.3. The predicted octanol–water partition coefficient (Wildman–Crippen LogP) is 1.41. The van der Waals surface area contributed by atoms with Crippen molar-refractivity contribution < 1.29 is 18.7 Å². The van der Waals surface area contributed by atoms with Gasteiger partial charge in [0.1, 0.15) is 5.69 Å². The molecule has 0 aliphatic carbocycles. The number of nitrogens with two attached hydrogens (primary N) is 1. The van der Waals surface area contributed by atoms with Crippen molar-refractivity contribution >= 4 is 5.97 Å². The van der Waals surface area contributed by atoms with Crippen LogP contribution in [0.25, 0.3) is 0 Å². The first-order chi connectivity index (χ1) is 7.45. The molecule has 1 aromatic rings. The molecule has 0 saturated carbocycles. The highest BCUT2D eigenvalue weighted by atomic mass is 19.3. The number of nitrogens with zero attached hydrogens (tertiary/aromatic N) is 1. The second kappa shape index (κ2) is 4.98. The summed E-state index contributed by atoms with van der Waals surface area (Å²) < 4.78 is 25.1. The zero-order valence-corrected chi connectivity index (χ0v) is 8.70.